The van der Waals surface area contributed by atoms with Crippen molar-refractivity contribution in [2.45, 2.75) is 31.4 Å². The van der Waals surface area contributed by atoms with E-state index in [4.69, 9.17) is 4.74 Å². The monoisotopic (exact) mass is 159 g/mol. The number of methoxy groups -OCH3 is 1. The van der Waals surface area contributed by atoms with Gasteiger partial charge in [-0.15, -0.1) is 0 Å². The van der Waals surface area contributed by atoms with Gasteiger partial charge >= 0.3 is 0 Å². The molecule has 0 heterocycles. The van der Waals surface area contributed by atoms with Crippen LogP contribution in [0.4, 0.5) is 0 Å². The molecule has 0 aromatic rings. The number of hydrogen-bond donors (Lipinski definition) is 2. The first kappa shape index (κ1) is 8.97. The number of rotatable bonds is 5. The van der Waals surface area contributed by atoms with Crippen LogP contribution in [0.5, 0.6) is 0 Å². The molecule has 0 bridgehead atoms. The third kappa shape index (κ3) is 3.18. The van der Waals surface area contributed by atoms with Gasteiger partial charge in [-0.1, -0.05) is 0 Å². The van der Waals surface area contributed by atoms with Gasteiger partial charge < -0.3 is 15.2 Å². The maximum absolute atomic E-state index is 9.25. The number of β-amino-alcohol motifs (C(OH)–C–C–N with tert-alkyl or cyclic N) is 1. The fraction of sp³-hybridized carbons (Fsp3) is 1.00. The summed E-state index contributed by atoms with van der Waals surface area (Å²) in [6.45, 7) is 3.24. The lowest BCUT2D eigenvalue weighted by molar-refractivity contribution is 0.0624. The molecular formula is C8H17NO2. The van der Waals surface area contributed by atoms with Crippen molar-refractivity contribution < 1.29 is 9.84 Å². The van der Waals surface area contributed by atoms with Crippen LogP contribution in [0.3, 0.4) is 0 Å². The normalized spacial score (nSPS) is 23.2. The third-order valence-electron chi connectivity index (χ3n) is 2.12. The first-order valence-corrected chi connectivity index (χ1v) is 4.08. The molecule has 3 heteroatoms. The van der Waals surface area contributed by atoms with Gasteiger partial charge in [0.2, 0.25) is 0 Å². The zero-order valence-electron chi connectivity index (χ0n) is 7.26. The van der Waals surface area contributed by atoms with Gasteiger partial charge in [0.05, 0.1) is 12.7 Å². The largest absolute Gasteiger partial charge is 0.389 e. The Morgan fingerprint density at radius 3 is 2.73 bits per heavy atom. The molecule has 0 spiro atoms. The Kier molecular flexibility index (Phi) is 2.87. The molecule has 3 nitrogen and oxygen atoms in total. The minimum Gasteiger partial charge on any atom is -0.389 e. The first-order valence-electron chi connectivity index (χ1n) is 4.08. The molecule has 0 radical (unpaired) electrons. The Hall–Kier alpha value is -0.120. The van der Waals surface area contributed by atoms with Crippen LogP contribution in [0.2, 0.25) is 0 Å². The van der Waals surface area contributed by atoms with Crippen molar-refractivity contribution in [1.29, 1.82) is 0 Å². The topological polar surface area (TPSA) is 41.5 Å². The maximum atomic E-state index is 9.25. The molecule has 1 rings (SSSR count). The fourth-order valence-electron chi connectivity index (χ4n) is 0.980. The Morgan fingerprint density at radius 1 is 1.64 bits per heavy atom. The van der Waals surface area contributed by atoms with E-state index < -0.39 is 0 Å². The number of hydrogen-bond acceptors (Lipinski definition) is 3. The van der Waals surface area contributed by atoms with E-state index in [0.717, 1.165) is 0 Å². The van der Waals surface area contributed by atoms with Gasteiger partial charge in [0.25, 0.3) is 0 Å². The molecule has 0 saturated heterocycles. The lowest BCUT2D eigenvalue weighted by Crippen LogP contribution is -2.37. The van der Waals surface area contributed by atoms with Gasteiger partial charge in [0.1, 0.15) is 0 Å². The second-order valence-electron chi connectivity index (χ2n) is 3.55. The quantitative estimate of drug-likeness (QED) is 0.599. The SMILES string of the molecule is COCC(O)CNC1(C)CC1. The molecule has 1 aliphatic rings. The predicted molar refractivity (Wildman–Crippen MR) is 43.5 cm³/mol. The summed E-state index contributed by atoms with van der Waals surface area (Å²) in [6.07, 6.45) is 2.09. The summed E-state index contributed by atoms with van der Waals surface area (Å²) >= 11 is 0. The highest BCUT2D eigenvalue weighted by Gasteiger charge is 2.36. The van der Waals surface area contributed by atoms with Crippen LogP contribution in [0, 0.1) is 0 Å². The Morgan fingerprint density at radius 2 is 2.27 bits per heavy atom. The van der Waals surface area contributed by atoms with Crippen molar-refractivity contribution >= 4 is 0 Å². The number of aliphatic hydroxyl groups is 1. The van der Waals surface area contributed by atoms with E-state index in [1.54, 1.807) is 7.11 Å². The van der Waals surface area contributed by atoms with Gasteiger partial charge in [-0.2, -0.15) is 0 Å². The Balaban J connectivity index is 2.01. The van der Waals surface area contributed by atoms with Gasteiger partial charge in [-0.3, -0.25) is 0 Å². The molecule has 1 fully saturated rings. The zero-order valence-corrected chi connectivity index (χ0v) is 7.26. The van der Waals surface area contributed by atoms with E-state index in [2.05, 4.69) is 12.2 Å². The second kappa shape index (κ2) is 3.52. The second-order valence-corrected chi connectivity index (χ2v) is 3.55. The molecule has 1 atom stereocenters. The van der Waals surface area contributed by atoms with E-state index in [-0.39, 0.29) is 6.10 Å². The number of nitrogens with one attached hydrogen (secondary N) is 1. The van der Waals surface area contributed by atoms with E-state index in [0.29, 0.717) is 18.7 Å². The summed E-state index contributed by atoms with van der Waals surface area (Å²) in [5.41, 5.74) is 0.314. The molecule has 2 N–H and O–H groups in total. The van der Waals surface area contributed by atoms with Gasteiger partial charge in [-0.25, -0.2) is 0 Å². The number of aliphatic hydroxyl groups excluding tert-OH is 1. The highest BCUT2D eigenvalue weighted by molar-refractivity contribution is 4.97. The van der Waals surface area contributed by atoms with Gasteiger partial charge in [0, 0.05) is 19.2 Å². The van der Waals surface area contributed by atoms with Gasteiger partial charge in [-0.05, 0) is 19.8 Å². The lowest BCUT2D eigenvalue weighted by atomic mass is 10.3. The molecule has 1 saturated carbocycles. The molecule has 66 valence electrons. The van der Waals surface area contributed by atoms with Crippen LogP contribution < -0.4 is 5.32 Å². The van der Waals surface area contributed by atoms with Crippen molar-refractivity contribution in [3.05, 3.63) is 0 Å². The van der Waals surface area contributed by atoms with Crippen molar-refractivity contribution in [1.82, 2.24) is 5.32 Å². The fourth-order valence-corrected chi connectivity index (χ4v) is 0.980. The Labute approximate surface area is 67.7 Å². The summed E-state index contributed by atoms with van der Waals surface area (Å²) < 4.78 is 4.80. The minimum absolute atomic E-state index is 0.314. The summed E-state index contributed by atoms with van der Waals surface area (Å²) in [5, 5.41) is 12.5. The molecule has 0 aromatic heterocycles. The maximum Gasteiger partial charge on any atom is 0.0897 e. The van der Waals surface area contributed by atoms with Crippen LogP contribution in [0.1, 0.15) is 19.8 Å². The van der Waals surface area contributed by atoms with Crippen LogP contribution in [0.15, 0.2) is 0 Å². The van der Waals surface area contributed by atoms with E-state index in [9.17, 15) is 5.11 Å². The van der Waals surface area contributed by atoms with Crippen molar-refractivity contribution in [2.24, 2.45) is 0 Å². The average molecular weight is 159 g/mol. The molecule has 0 aromatic carbocycles. The first-order chi connectivity index (χ1) is 5.16. The van der Waals surface area contributed by atoms with Gasteiger partial charge in [0.15, 0.2) is 0 Å². The molecular weight excluding hydrogens is 142 g/mol. The highest BCUT2D eigenvalue weighted by atomic mass is 16.5. The lowest BCUT2D eigenvalue weighted by Gasteiger charge is -2.14. The minimum atomic E-state index is -0.363. The molecule has 11 heavy (non-hydrogen) atoms. The number of ether oxygens (including phenoxy) is 1. The average Bonchev–Trinajstić information content (AvgIpc) is 2.66. The summed E-state index contributed by atoms with van der Waals surface area (Å²) in [6, 6.07) is 0. The third-order valence-corrected chi connectivity index (χ3v) is 2.12. The van der Waals surface area contributed by atoms with Crippen LogP contribution in [0.25, 0.3) is 0 Å². The van der Waals surface area contributed by atoms with E-state index in [1.165, 1.54) is 12.8 Å². The van der Waals surface area contributed by atoms with Crippen LogP contribution in [-0.4, -0.2) is 37.0 Å². The van der Waals surface area contributed by atoms with Crippen molar-refractivity contribution in [3.8, 4) is 0 Å². The van der Waals surface area contributed by atoms with Crippen LogP contribution >= 0.6 is 0 Å². The summed E-state index contributed by atoms with van der Waals surface area (Å²) in [7, 11) is 1.60. The molecule has 0 amide bonds. The molecule has 1 aliphatic carbocycles. The van der Waals surface area contributed by atoms with E-state index in [1.807, 2.05) is 0 Å². The van der Waals surface area contributed by atoms with Crippen LogP contribution in [-0.2, 0) is 4.74 Å². The van der Waals surface area contributed by atoms with Crippen molar-refractivity contribution in [3.63, 3.8) is 0 Å². The summed E-state index contributed by atoms with van der Waals surface area (Å²) in [5.74, 6) is 0. The predicted octanol–water partition coefficient (Wildman–Crippen LogP) is 0.136. The van der Waals surface area contributed by atoms with E-state index >= 15 is 0 Å². The molecule has 1 unspecified atom stereocenters. The molecule has 0 aliphatic heterocycles. The Bertz CT molecular complexity index is 123. The zero-order chi connectivity index (χ0) is 8.32. The smallest absolute Gasteiger partial charge is 0.0897 e. The van der Waals surface area contributed by atoms with Crippen molar-refractivity contribution in [2.75, 3.05) is 20.3 Å². The summed E-state index contributed by atoms with van der Waals surface area (Å²) in [4.78, 5) is 0. The highest BCUT2D eigenvalue weighted by Crippen LogP contribution is 2.33. The standard InChI is InChI=1S/C8H17NO2/c1-8(3-4-8)9-5-7(10)6-11-2/h7,9-10H,3-6H2,1-2H3.